The van der Waals surface area contributed by atoms with Crippen LogP contribution in [0.25, 0.3) is 33.3 Å². The van der Waals surface area contributed by atoms with Crippen LogP contribution in [0.4, 0.5) is 0 Å². The Kier molecular flexibility index (Phi) is 2.76. The zero-order valence-electron chi connectivity index (χ0n) is 11.9. The summed E-state index contributed by atoms with van der Waals surface area (Å²) in [7, 11) is 0. The predicted octanol–water partition coefficient (Wildman–Crippen LogP) is 3.71. The smallest absolute Gasteiger partial charge is 0.365 e. The fourth-order valence-corrected chi connectivity index (χ4v) is 2.68. The number of hydrogen-bond acceptors (Lipinski definition) is 4. The Labute approximate surface area is 126 Å². The molecule has 106 valence electrons. The molecule has 0 atom stereocenters. The lowest BCUT2D eigenvalue weighted by atomic mass is 10.0. The number of aromatic nitrogens is 2. The van der Waals surface area contributed by atoms with Gasteiger partial charge in [0.15, 0.2) is 5.52 Å². The largest absolute Gasteiger partial charge is 0.402 e. The lowest BCUT2D eigenvalue weighted by Crippen LogP contribution is -2.04. The molecule has 0 saturated heterocycles. The molecule has 0 unspecified atom stereocenters. The molecule has 4 aromatic rings. The van der Waals surface area contributed by atoms with Gasteiger partial charge in [-0.1, -0.05) is 30.3 Å². The van der Waals surface area contributed by atoms with Gasteiger partial charge in [-0.3, -0.25) is 0 Å². The van der Waals surface area contributed by atoms with E-state index in [1.165, 1.54) is 5.56 Å². The van der Waals surface area contributed by atoms with Crippen molar-refractivity contribution < 1.29 is 4.42 Å². The third-order valence-corrected chi connectivity index (χ3v) is 3.76. The number of pyridine rings is 1. The molecule has 2 aromatic heterocycles. The zero-order valence-corrected chi connectivity index (χ0v) is 11.9. The summed E-state index contributed by atoms with van der Waals surface area (Å²) in [4.78, 5) is 20.6. The lowest BCUT2D eigenvalue weighted by Gasteiger charge is -2.07. The highest BCUT2D eigenvalue weighted by atomic mass is 16.4. The van der Waals surface area contributed by atoms with Crippen molar-refractivity contribution in [3.05, 3.63) is 70.7 Å². The second-order valence-electron chi connectivity index (χ2n) is 5.15. The van der Waals surface area contributed by atoms with Crippen molar-refractivity contribution in [2.45, 2.75) is 6.92 Å². The van der Waals surface area contributed by atoms with Crippen molar-refractivity contribution >= 4 is 21.8 Å². The number of rotatable bonds is 1. The molecule has 0 bridgehead atoms. The lowest BCUT2D eigenvalue weighted by molar-refractivity contribution is 0.517. The maximum atomic E-state index is 12.1. The van der Waals surface area contributed by atoms with Crippen molar-refractivity contribution in [1.29, 1.82) is 0 Å². The highest BCUT2D eigenvalue weighted by molar-refractivity contribution is 5.96. The van der Waals surface area contributed by atoms with E-state index in [0.29, 0.717) is 11.4 Å². The van der Waals surface area contributed by atoms with Crippen LogP contribution in [0, 0.1) is 6.92 Å². The molecular weight excluding hydrogens is 276 g/mol. The summed E-state index contributed by atoms with van der Waals surface area (Å²) in [6, 6.07) is 15.5. The van der Waals surface area contributed by atoms with Crippen molar-refractivity contribution in [1.82, 2.24) is 9.97 Å². The van der Waals surface area contributed by atoms with E-state index < -0.39 is 5.63 Å². The number of benzene rings is 2. The molecular formula is C18H12N2O2. The van der Waals surface area contributed by atoms with Crippen LogP contribution in [0.1, 0.15) is 5.56 Å². The van der Waals surface area contributed by atoms with Gasteiger partial charge in [0, 0.05) is 11.8 Å². The first kappa shape index (κ1) is 12.7. The maximum absolute atomic E-state index is 12.1. The Hall–Kier alpha value is -3.01. The van der Waals surface area contributed by atoms with Crippen LogP contribution in [-0.2, 0) is 0 Å². The van der Waals surface area contributed by atoms with Gasteiger partial charge in [-0.25, -0.2) is 14.8 Å². The fraction of sp³-hybridized carbons (Fsp3) is 0.0556. The predicted molar refractivity (Wildman–Crippen MR) is 85.8 cm³/mol. The number of nitrogens with zero attached hydrogens (tertiary/aromatic N) is 2. The summed E-state index contributed by atoms with van der Waals surface area (Å²) < 4.78 is 5.40. The topological polar surface area (TPSA) is 56.0 Å². The molecule has 0 radical (unpaired) electrons. The molecule has 2 aromatic carbocycles. The van der Waals surface area contributed by atoms with Crippen LogP contribution in [0.15, 0.2) is 63.9 Å². The monoisotopic (exact) mass is 288 g/mol. The molecule has 0 saturated carbocycles. The van der Waals surface area contributed by atoms with Crippen LogP contribution in [0.2, 0.25) is 0 Å². The van der Waals surface area contributed by atoms with Crippen LogP contribution in [0.3, 0.4) is 0 Å². The summed E-state index contributed by atoms with van der Waals surface area (Å²) in [5.74, 6) is 0.321. The van der Waals surface area contributed by atoms with Gasteiger partial charge in [-0.15, -0.1) is 0 Å². The van der Waals surface area contributed by atoms with E-state index in [2.05, 4.69) is 29.0 Å². The minimum absolute atomic E-state index is 0.252. The van der Waals surface area contributed by atoms with Crippen LogP contribution in [0.5, 0.6) is 0 Å². The fourth-order valence-electron chi connectivity index (χ4n) is 2.68. The second-order valence-corrected chi connectivity index (χ2v) is 5.15. The van der Waals surface area contributed by atoms with E-state index in [4.69, 9.17) is 4.42 Å². The molecule has 0 aliphatic heterocycles. The Bertz CT molecular complexity index is 1070. The minimum atomic E-state index is -0.467. The minimum Gasteiger partial charge on any atom is -0.402 e. The SMILES string of the molecule is Cc1cccc2c(-c3nc4cccnc4c(=O)o3)cccc12. The van der Waals surface area contributed by atoms with E-state index in [9.17, 15) is 4.79 Å². The second kappa shape index (κ2) is 4.77. The van der Waals surface area contributed by atoms with Gasteiger partial charge in [0.2, 0.25) is 5.89 Å². The molecule has 0 amide bonds. The van der Waals surface area contributed by atoms with Crippen LogP contribution >= 0.6 is 0 Å². The van der Waals surface area contributed by atoms with Crippen molar-refractivity contribution in [3.63, 3.8) is 0 Å². The van der Waals surface area contributed by atoms with Gasteiger partial charge in [-0.05, 0) is 41.5 Å². The molecule has 4 heteroatoms. The Morgan fingerprint density at radius 3 is 2.68 bits per heavy atom. The first-order valence-corrected chi connectivity index (χ1v) is 6.98. The molecule has 4 nitrogen and oxygen atoms in total. The summed E-state index contributed by atoms with van der Waals surface area (Å²) in [6.07, 6.45) is 1.56. The quantitative estimate of drug-likeness (QED) is 0.535. The van der Waals surface area contributed by atoms with Gasteiger partial charge in [-0.2, -0.15) is 0 Å². The van der Waals surface area contributed by atoms with Crippen molar-refractivity contribution in [2.75, 3.05) is 0 Å². The van der Waals surface area contributed by atoms with E-state index >= 15 is 0 Å². The molecule has 2 heterocycles. The van der Waals surface area contributed by atoms with Crippen molar-refractivity contribution in [2.24, 2.45) is 0 Å². The molecule has 0 fully saturated rings. The Morgan fingerprint density at radius 1 is 0.955 bits per heavy atom. The standard InChI is InChI=1S/C18H12N2O2/c1-11-5-2-7-13-12(11)6-3-8-14(13)17-20-15-9-4-10-19-16(15)18(21)22-17/h2-10H,1H3. The number of hydrogen-bond donors (Lipinski definition) is 0. The zero-order chi connectivity index (χ0) is 15.1. The molecule has 0 aliphatic rings. The van der Waals surface area contributed by atoms with Gasteiger partial charge >= 0.3 is 5.63 Å². The first-order chi connectivity index (χ1) is 10.7. The average molecular weight is 288 g/mol. The summed E-state index contributed by atoms with van der Waals surface area (Å²) in [5, 5.41) is 2.14. The molecule has 0 aliphatic carbocycles. The molecule has 4 rings (SSSR count). The highest BCUT2D eigenvalue weighted by Gasteiger charge is 2.12. The van der Waals surface area contributed by atoms with Crippen LogP contribution < -0.4 is 5.63 Å². The third-order valence-electron chi connectivity index (χ3n) is 3.76. The van der Waals surface area contributed by atoms with E-state index in [1.807, 2.05) is 24.3 Å². The summed E-state index contributed by atoms with van der Waals surface area (Å²) >= 11 is 0. The van der Waals surface area contributed by atoms with Crippen LogP contribution in [-0.4, -0.2) is 9.97 Å². The summed E-state index contributed by atoms with van der Waals surface area (Å²) in [5.41, 5.74) is 2.31. The molecule has 22 heavy (non-hydrogen) atoms. The van der Waals surface area contributed by atoms with E-state index in [-0.39, 0.29) is 5.52 Å². The normalized spacial score (nSPS) is 11.1. The van der Waals surface area contributed by atoms with Gasteiger partial charge in [0.1, 0.15) is 5.52 Å². The highest BCUT2D eigenvalue weighted by Crippen LogP contribution is 2.29. The van der Waals surface area contributed by atoms with Gasteiger partial charge in [0.05, 0.1) is 0 Å². The Balaban J connectivity index is 2.08. The maximum Gasteiger partial charge on any atom is 0.365 e. The number of aryl methyl sites for hydroxylation is 1. The summed E-state index contributed by atoms with van der Waals surface area (Å²) in [6.45, 7) is 2.06. The Morgan fingerprint density at radius 2 is 1.77 bits per heavy atom. The average Bonchev–Trinajstić information content (AvgIpc) is 2.55. The third kappa shape index (κ3) is 1.89. The van der Waals surface area contributed by atoms with E-state index in [0.717, 1.165) is 16.3 Å². The molecule has 0 spiro atoms. The van der Waals surface area contributed by atoms with Crippen molar-refractivity contribution in [3.8, 4) is 11.5 Å². The van der Waals surface area contributed by atoms with Gasteiger partial charge in [0.25, 0.3) is 0 Å². The van der Waals surface area contributed by atoms with Gasteiger partial charge < -0.3 is 4.42 Å². The van der Waals surface area contributed by atoms with E-state index in [1.54, 1.807) is 18.3 Å². The first-order valence-electron chi connectivity index (χ1n) is 6.98. The molecule has 0 N–H and O–H groups in total. The number of fused-ring (bicyclic) bond motifs is 2.